The number of rotatable bonds is 4. The highest BCUT2D eigenvalue weighted by atomic mass is 32.1. The summed E-state index contributed by atoms with van der Waals surface area (Å²) in [7, 11) is 0. The summed E-state index contributed by atoms with van der Waals surface area (Å²) in [6.07, 6.45) is 2.54. The second-order valence-electron chi connectivity index (χ2n) is 5.13. The quantitative estimate of drug-likeness (QED) is 0.910. The van der Waals surface area contributed by atoms with Crippen molar-refractivity contribution in [2.45, 2.75) is 39.5 Å². The standard InChI is InChI=1S/C15H19N3S/c1-4-16-14-8-13(11-5-6-11)17-15(18-14)12-7-9(2)19-10(12)3/h7-8,11H,4-6H2,1-3H3,(H,16,17,18). The summed E-state index contributed by atoms with van der Waals surface area (Å²) in [6, 6.07) is 4.31. The van der Waals surface area contributed by atoms with Crippen LogP contribution in [0, 0.1) is 13.8 Å². The van der Waals surface area contributed by atoms with Crippen LogP contribution in [0.3, 0.4) is 0 Å². The Morgan fingerprint density at radius 3 is 2.63 bits per heavy atom. The Labute approximate surface area is 118 Å². The van der Waals surface area contributed by atoms with Crippen LogP contribution in [-0.2, 0) is 0 Å². The third-order valence-electron chi connectivity index (χ3n) is 3.38. The molecule has 0 aromatic carbocycles. The van der Waals surface area contributed by atoms with E-state index in [0.29, 0.717) is 5.92 Å². The Bertz CT molecular complexity index is 599. The molecule has 1 aliphatic rings. The van der Waals surface area contributed by atoms with E-state index >= 15 is 0 Å². The molecule has 0 atom stereocenters. The van der Waals surface area contributed by atoms with Gasteiger partial charge in [-0.05, 0) is 39.7 Å². The van der Waals surface area contributed by atoms with Crippen molar-refractivity contribution < 1.29 is 0 Å². The van der Waals surface area contributed by atoms with E-state index in [-0.39, 0.29) is 0 Å². The average molecular weight is 273 g/mol. The number of thiophene rings is 1. The van der Waals surface area contributed by atoms with Crippen molar-refractivity contribution in [3.05, 3.63) is 27.6 Å². The zero-order valence-electron chi connectivity index (χ0n) is 11.7. The van der Waals surface area contributed by atoms with Crippen LogP contribution < -0.4 is 5.32 Å². The highest BCUT2D eigenvalue weighted by molar-refractivity contribution is 7.12. The molecule has 2 aromatic rings. The van der Waals surface area contributed by atoms with Crippen molar-refractivity contribution >= 4 is 17.2 Å². The Hall–Kier alpha value is -1.42. The lowest BCUT2D eigenvalue weighted by Gasteiger charge is -2.08. The number of nitrogens with zero attached hydrogens (tertiary/aromatic N) is 2. The molecule has 3 nitrogen and oxygen atoms in total. The molecule has 0 saturated heterocycles. The maximum absolute atomic E-state index is 4.78. The first-order valence-electron chi connectivity index (χ1n) is 6.87. The molecule has 1 N–H and O–H groups in total. The summed E-state index contributed by atoms with van der Waals surface area (Å²) in [5.41, 5.74) is 2.38. The minimum Gasteiger partial charge on any atom is -0.370 e. The molecule has 2 aromatic heterocycles. The van der Waals surface area contributed by atoms with Crippen molar-refractivity contribution in [1.29, 1.82) is 0 Å². The van der Waals surface area contributed by atoms with Gasteiger partial charge in [-0.3, -0.25) is 0 Å². The van der Waals surface area contributed by atoms with Gasteiger partial charge in [-0.1, -0.05) is 0 Å². The van der Waals surface area contributed by atoms with Crippen LogP contribution in [-0.4, -0.2) is 16.5 Å². The number of hydrogen-bond donors (Lipinski definition) is 1. The Morgan fingerprint density at radius 1 is 1.26 bits per heavy atom. The molecular weight excluding hydrogens is 254 g/mol. The topological polar surface area (TPSA) is 37.8 Å². The van der Waals surface area contributed by atoms with Crippen LogP contribution in [0.4, 0.5) is 5.82 Å². The first kappa shape index (κ1) is 12.6. The van der Waals surface area contributed by atoms with Gasteiger partial charge in [0, 0.05) is 39.5 Å². The molecule has 2 heterocycles. The van der Waals surface area contributed by atoms with Gasteiger partial charge in [-0.15, -0.1) is 11.3 Å². The molecule has 3 rings (SSSR count). The van der Waals surface area contributed by atoms with E-state index in [1.54, 1.807) is 0 Å². The molecule has 1 saturated carbocycles. The van der Waals surface area contributed by atoms with E-state index in [9.17, 15) is 0 Å². The van der Waals surface area contributed by atoms with Crippen molar-refractivity contribution in [3.63, 3.8) is 0 Å². The van der Waals surface area contributed by atoms with Gasteiger partial charge in [0.05, 0.1) is 0 Å². The lowest BCUT2D eigenvalue weighted by Crippen LogP contribution is -2.03. The van der Waals surface area contributed by atoms with Gasteiger partial charge in [0.1, 0.15) is 5.82 Å². The van der Waals surface area contributed by atoms with Crippen LogP contribution in [0.1, 0.15) is 41.1 Å². The number of aryl methyl sites for hydroxylation is 2. The molecule has 0 radical (unpaired) electrons. The molecule has 0 aliphatic heterocycles. The summed E-state index contributed by atoms with van der Waals surface area (Å²) in [4.78, 5) is 12.1. The predicted molar refractivity (Wildman–Crippen MR) is 81.0 cm³/mol. The van der Waals surface area contributed by atoms with Crippen LogP contribution in [0.15, 0.2) is 12.1 Å². The SMILES string of the molecule is CCNc1cc(C2CC2)nc(-c2cc(C)sc2C)n1. The first-order chi connectivity index (χ1) is 9.17. The maximum atomic E-state index is 4.78. The second kappa shape index (κ2) is 4.93. The summed E-state index contributed by atoms with van der Waals surface area (Å²) >= 11 is 1.81. The molecule has 0 spiro atoms. The lowest BCUT2D eigenvalue weighted by molar-refractivity contribution is 0.988. The van der Waals surface area contributed by atoms with Crippen LogP contribution in [0.5, 0.6) is 0 Å². The van der Waals surface area contributed by atoms with Gasteiger partial charge in [-0.25, -0.2) is 9.97 Å². The predicted octanol–water partition coefficient (Wildman–Crippen LogP) is 4.13. The van der Waals surface area contributed by atoms with Gasteiger partial charge in [-0.2, -0.15) is 0 Å². The molecule has 4 heteroatoms. The lowest BCUT2D eigenvalue weighted by atomic mass is 10.2. The minimum absolute atomic E-state index is 0.652. The van der Waals surface area contributed by atoms with Crippen molar-refractivity contribution in [2.24, 2.45) is 0 Å². The third-order valence-corrected chi connectivity index (χ3v) is 4.35. The van der Waals surface area contributed by atoms with Crippen molar-refractivity contribution in [3.8, 4) is 11.4 Å². The van der Waals surface area contributed by atoms with E-state index in [1.165, 1.54) is 33.9 Å². The fraction of sp³-hybridized carbons (Fsp3) is 0.467. The second-order valence-corrected chi connectivity index (χ2v) is 6.59. The molecule has 1 aliphatic carbocycles. The molecule has 0 unspecified atom stereocenters. The van der Waals surface area contributed by atoms with Crippen LogP contribution >= 0.6 is 11.3 Å². The molecule has 1 fully saturated rings. The van der Waals surface area contributed by atoms with Gasteiger partial charge >= 0.3 is 0 Å². The molecular formula is C15H19N3S. The van der Waals surface area contributed by atoms with E-state index < -0.39 is 0 Å². The normalized spacial score (nSPS) is 14.7. The highest BCUT2D eigenvalue weighted by Gasteiger charge is 2.26. The number of anilines is 1. The number of nitrogens with one attached hydrogen (secondary N) is 1. The van der Waals surface area contributed by atoms with Crippen molar-refractivity contribution in [1.82, 2.24) is 9.97 Å². The van der Waals surface area contributed by atoms with Crippen LogP contribution in [0.2, 0.25) is 0 Å². The Morgan fingerprint density at radius 2 is 2.05 bits per heavy atom. The summed E-state index contributed by atoms with van der Waals surface area (Å²) in [5, 5.41) is 3.32. The zero-order chi connectivity index (χ0) is 13.4. The van der Waals surface area contributed by atoms with Gasteiger partial charge in [0.15, 0.2) is 5.82 Å². The van der Waals surface area contributed by atoms with Gasteiger partial charge in [0.2, 0.25) is 0 Å². The van der Waals surface area contributed by atoms with Crippen LogP contribution in [0.25, 0.3) is 11.4 Å². The zero-order valence-corrected chi connectivity index (χ0v) is 12.5. The fourth-order valence-corrected chi connectivity index (χ4v) is 3.22. The summed E-state index contributed by atoms with van der Waals surface area (Å²) in [6.45, 7) is 7.27. The largest absolute Gasteiger partial charge is 0.370 e. The number of aromatic nitrogens is 2. The fourth-order valence-electron chi connectivity index (χ4n) is 2.30. The van der Waals surface area contributed by atoms with E-state index in [2.05, 4.69) is 43.2 Å². The number of hydrogen-bond acceptors (Lipinski definition) is 4. The molecule has 0 bridgehead atoms. The highest BCUT2D eigenvalue weighted by Crippen LogP contribution is 2.40. The minimum atomic E-state index is 0.652. The Kier molecular flexibility index (Phi) is 3.27. The van der Waals surface area contributed by atoms with E-state index in [0.717, 1.165) is 18.2 Å². The molecule has 19 heavy (non-hydrogen) atoms. The summed E-state index contributed by atoms with van der Waals surface area (Å²) in [5.74, 6) is 2.49. The monoisotopic (exact) mass is 273 g/mol. The Balaban J connectivity index is 2.06. The molecule has 100 valence electrons. The molecule has 0 amide bonds. The van der Waals surface area contributed by atoms with E-state index in [4.69, 9.17) is 4.98 Å². The maximum Gasteiger partial charge on any atom is 0.162 e. The third kappa shape index (κ3) is 2.63. The summed E-state index contributed by atoms with van der Waals surface area (Å²) < 4.78 is 0. The first-order valence-corrected chi connectivity index (χ1v) is 7.69. The van der Waals surface area contributed by atoms with Gasteiger partial charge in [0.25, 0.3) is 0 Å². The smallest absolute Gasteiger partial charge is 0.162 e. The van der Waals surface area contributed by atoms with Gasteiger partial charge < -0.3 is 5.32 Å². The van der Waals surface area contributed by atoms with Crippen molar-refractivity contribution in [2.75, 3.05) is 11.9 Å². The average Bonchev–Trinajstić information content (AvgIpc) is 3.15. The van der Waals surface area contributed by atoms with E-state index in [1.807, 2.05) is 11.3 Å².